The lowest BCUT2D eigenvalue weighted by Crippen LogP contribution is -2.54. The summed E-state index contributed by atoms with van der Waals surface area (Å²) in [5.74, 6) is -0.324. The van der Waals surface area contributed by atoms with Gasteiger partial charge in [0, 0.05) is 12.6 Å². The van der Waals surface area contributed by atoms with Gasteiger partial charge in [0.25, 0.3) is 0 Å². The number of aryl methyl sites for hydroxylation is 1. The van der Waals surface area contributed by atoms with Crippen LogP contribution in [-0.2, 0) is 11.3 Å². The van der Waals surface area contributed by atoms with Gasteiger partial charge in [-0.25, -0.2) is 9.59 Å². The van der Waals surface area contributed by atoms with Crippen molar-refractivity contribution in [3.05, 3.63) is 17.5 Å². The zero-order valence-electron chi connectivity index (χ0n) is 11.6. The number of nitrogens with zero attached hydrogens (tertiary/aromatic N) is 2. The number of aromatic nitrogens is 1. The van der Waals surface area contributed by atoms with Crippen molar-refractivity contribution in [2.45, 2.75) is 39.3 Å². The summed E-state index contributed by atoms with van der Waals surface area (Å²) in [6.45, 7) is 4.32. The molecule has 2 amide bonds. The van der Waals surface area contributed by atoms with Crippen LogP contribution in [0.3, 0.4) is 0 Å². The number of piperidine rings is 1. The SMILES string of the molecule is Cc1cc(CNC(=O)N2CCCC(C)C2C(=O)O)no1. The number of hydrogen-bond donors (Lipinski definition) is 2. The van der Waals surface area contributed by atoms with E-state index in [1.807, 2.05) is 6.92 Å². The van der Waals surface area contributed by atoms with Gasteiger partial charge in [-0.05, 0) is 25.7 Å². The van der Waals surface area contributed by atoms with Crippen LogP contribution in [0.4, 0.5) is 4.79 Å². The van der Waals surface area contributed by atoms with Crippen LogP contribution in [0.2, 0.25) is 0 Å². The van der Waals surface area contributed by atoms with Crippen molar-refractivity contribution in [2.75, 3.05) is 6.54 Å². The topological polar surface area (TPSA) is 95.7 Å². The summed E-state index contributed by atoms with van der Waals surface area (Å²) in [6, 6.07) is 0.598. The first kappa shape index (κ1) is 14.4. The van der Waals surface area contributed by atoms with Crippen LogP contribution in [0, 0.1) is 12.8 Å². The van der Waals surface area contributed by atoms with Crippen LogP contribution >= 0.6 is 0 Å². The second-order valence-corrected chi connectivity index (χ2v) is 5.18. The molecule has 0 saturated carbocycles. The third-order valence-electron chi connectivity index (χ3n) is 3.54. The lowest BCUT2D eigenvalue weighted by Gasteiger charge is -2.37. The van der Waals surface area contributed by atoms with Crippen LogP contribution < -0.4 is 5.32 Å². The number of likely N-dealkylation sites (tertiary alicyclic amines) is 1. The van der Waals surface area contributed by atoms with Gasteiger partial charge < -0.3 is 19.8 Å². The molecule has 2 atom stereocenters. The van der Waals surface area contributed by atoms with E-state index in [1.165, 1.54) is 4.90 Å². The van der Waals surface area contributed by atoms with Crippen LogP contribution in [0.25, 0.3) is 0 Å². The average Bonchev–Trinajstić information content (AvgIpc) is 2.81. The van der Waals surface area contributed by atoms with Gasteiger partial charge in [-0.2, -0.15) is 0 Å². The molecule has 0 spiro atoms. The molecule has 2 heterocycles. The van der Waals surface area contributed by atoms with Crippen LogP contribution in [0.5, 0.6) is 0 Å². The minimum atomic E-state index is -0.954. The van der Waals surface area contributed by atoms with Crippen LogP contribution in [-0.4, -0.2) is 39.8 Å². The maximum Gasteiger partial charge on any atom is 0.326 e. The van der Waals surface area contributed by atoms with E-state index in [0.717, 1.165) is 12.8 Å². The van der Waals surface area contributed by atoms with Crippen molar-refractivity contribution in [1.29, 1.82) is 0 Å². The number of aliphatic carboxylic acids is 1. The number of amides is 2. The van der Waals surface area contributed by atoms with Gasteiger partial charge in [0.1, 0.15) is 17.5 Å². The van der Waals surface area contributed by atoms with E-state index in [1.54, 1.807) is 13.0 Å². The molecule has 2 unspecified atom stereocenters. The molecule has 1 aromatic heterocycles. The Bertz CT molecular complexity index is 500. The highest BCUT2D eigenvalue weighted by Crippen LogP contribution is 2.23. The number of carbonyl (C=O) groups excluding carboxylic acids is 1. The molecule has 2 N–H and O–H groups in total. The van der Waals surface area contributed by atoms with E-state index in [-0.39, 0.29) is 18.5 Å². The summed E-state index contributed by atoms with van der Waals surface area (Å²) >= 11 is 0. The van der Waals surface area contributed by atoms with Crippen molar-refractivity contribution in [3.63, 3.8) is 0 Å². The Morgan fingerprint density at radius 2 is 2.35 bits per heavy atom. The van der Waals surface area contributed by atoms with Gasteiger partial charge in [-0.3, -0.25) is 0 Å². The second-order valence-electron chi connectivity index (χ2n) is 5.18. The van der Waals surface area contributed by atoms with Gasteiger partial charge in [0.05, 0.1) is 6.54 Å². The molecule has 1 aromatic rings. The molecule has 20 heavy (non-hydrogen) atoms. The zero-order valence-corrected chi connectivity index (χ0v) is 11.6. The van der Waals surface area contributed by atoms with Crippen molar-refractivity contribution >= 4 is 12.0 Å². The smallest absolute Gasteiger partial charge is 0.326 e. The average molecular weight is 281 g/mol. The van der Waals surface area contributed by atoms with E-state index in [9.17, 15) is 14.7 Å². The summed E-state index contributed by atoms with van der Waals surface area (Å²) in [4.78, 5) is 24.8. The van der Waals surface area contributed by atoms with Crippen molar-refractivity contribution in [1.82, 2.24) is 15.4 Å². The Morgan fingerprint density at radius 3 is 2.95 bits per heavy atom. The molecule has 1 fully saturated rings. The highest BCUT2D eigenvalue weighted by Gasteiger charge is 2.36. The standard InChI is InChI=1S/C13H19N3O4/c1-8-4-3-5-16(11(8)12(17)18)13(19)14-7-10-6-9(2)20-15-10/h6,8,11H,3-5,7H2,1-2H3,(H,14,19)(H,17,18). The molecule has 110 valence electrons. The first-order valence-corrected chi connectivity index (χ1v) is 6.68. The van der Waals surface area contributed by atoms with Gasteiger partial charge in [-0.1, -0.05) is 12.1 Å². The summed E-state index contributed by atoms with van der Waals surface area (Å²) in [5.41, 5.74) is 0.618. The number of urea groups is 1. The molecule has 7 heteroatoms. The van der Waals surface area contributed by atoms with Gasteiger partial charge >= 0.3 is 12.0 Å². The number of nitrogens with one attached hydrogen (secondary N) is 1. The Morgan fingerprint density at radius 1 is 1.60 bits per heavy atom. The molecular formula is C13H19N3O4. The zero-order chi connectivity index (χ0) is 14.7. The number of carboxylic acid groups (broad SMARTS) is 1. The lowest BCUT2D eigenvalue weighted by molar-refractivity contribution is -0.145. The molecule has 0 aromatic carbocycles. The van der Waals surface area contributed by atoms with E-state index in [4.69, 9.17) is 4.52 Å². The predicted octanol–water partition coefficient (Wildman–Crippen LogP) is 1.38. The first-order valence-electron chi connectivity index (χ1n) is 6.68. The molecule has 1 aliphatic heterocycles. The summed E-state index contributed by atoms with van der Waals surface area (Å²) in [5, 5.41) is 15.7. The monoisotopic (exact) mass is 281 g/mol. The van der Waals surface area contributed by atoms with E-state index in [2.05, 4.69) is 10.5 Å². The van der Waals surface area contributed by atoms with Crippen molar-refractivity contribution in [2.24, 2.45) is 5.92 Å². The Balaban J connectivity index is 1.97. The minimum absolute atomic E-state index is 0.0405. The molecular weight excluding hydrogens is 262 g/mol. The number of hydrogen-bond acceptors (Lipinski definition) is 4. The number of rotatable bonds is 3. The number of carbonyl (C=O) groups is 2. The van der Waals surface area contributed by atoms with Crippen molar-refractivity contribution in [3.8, 4) is 0 Å². The van der Waals surface area contributed by atoms with Crippen LogP contribution in [0.1, 0.15) is 31.2 Å². The molecule has 1 aliphatic rings. The highest BCUT2D eigenvalue weighted by atomic mass is 16.5. The fraction of sp³-hybridized carbons (Fsp3) is 0.615. The Labute approximate surface area is 116 Å². The fourth-order valence-corrected chi connectivity index (χ4v) is 2.56. The van der Waals surface area contributed by atoms with E-state index in [0.29, 0.717) is 18.0 Å². The molecule has 0 radical (unpaired) electrons. The molecule has 0 bridgehead atoms. The Kier molecular flexibility index (Phi) is 4.26. The maximum absolute atomic E-state index is 12.1. The molecule has 7 nitrogen and oxygen atoms in total. The second kappa shape index (κ2) is 5.94. The Hall–Kier alpha value is -2.05. The minimum Gasteiger partial charge on any atom is -0.480 e. The van der Waals surface area contributed by atoms with Gasteiger partial charge in [-0.15, -0.1) is 0 Å². The predicted molar refractivity (Wildman–Crippen MR) is 70.0 cm³/mol. The van der Waals surface area contributed by atoms with Gasteiger partial charge in [0.2, 0.25) is 0 Å². The number of carboxylic acids is 1. The van der Waals surface area contributed by atoms with Crippen LogP contribution in [0.15, 0.2) is 10.6 Å². The normalized spacial score (nSPS) is 22.6. The largest absolute Gasteiger partial charge is 0.480 e. The van der Waals surface area contributed by atoms with Crippen molar-refractivity contribution < 1.29 is 19.2 Å². The fourth-order valence-electron chi connectivity index (χ4n) is 2.56. The third-order valence-corrected chi connectivity index (χ3v) is 3.54. The molecule has 2 rings (SSSR count). The van der Waals surface area contributed by atoms with E-state index < -0.39 is 12.0 Å². The third kappa shape index (κ3) is 3.09. The maximum atomic E-state index is 12.1. The van der Waals surface area contributed by atoms with E-state index >= 15 is 0 Å². The lowest BCUT2D eigenvalue weighted by atomic mass is 9.91. The first-order chi connectivity index (χ1) is 9.49. The quantitative estimate of drug-likeness (QED) is 0.872. The summed E-state index contributed by atoms with van der Waals surface area (Å²) in [6.07, 6.45) is 1.64. The van der Waals surface area contributed by atoms with Gasteiger partial charge in [0.15, 0.2) is 0 Å². The molecule has 0 aliphatic carbocycles. The molecule has 1 saturated heterocycles. The highest BCUT2D eigenvalue weighted by molar-refractivity contribution is 5.83. The summed E-state index contributed by atoms with van der Waals surface area (Å²) < 4.78 is 4.91. The summed E-state index contributed by atoms with van der Waals surface area (Å²) in [7, 11) is 0.